The van der Waals surface area contributed by atoms with Crippen molar-refractivity contribution in [3.05, 3.63) is 90.0 Å². The highest BCUT2D eigenvalue weighted by Crippen LogP contribution is 2.34. The number of halogens is 3. The number of nitrogens with one attached hydrogen (secondary N) is 1. The average Bonchev–Trinajstić information content (AvgIpc) is 2.84. The second kappa shape index (κ2) is 10.1. The average molecular weight is 467 g/mol. The van der Waals surface area contributed by atoms with Gasteiger partial charge >= 0.3 is 6.18 Å². The van der Waals surface area contributed by atoms with E-state index in [2.05, 4.69) is 5.32 Å². The second-order valence-corrected chi connectivity index (χ2v) is 8.10. The maximum atomic E-state index is 13.1. The first-order valence-electron chi connectivity index (χ1n) is 10.9. The van der Waals surface area contributed by atoms with Gasteiger partial charge in [-0.05, 0) is 35.4 Å². The van der Waals surface area contributed by atoms with Gasteiger partial charge in [0.25, 0.3) is 5.91 Å². The minimum Gasteiger partial charge on any atom is -0.336 e. The summed E-state index contributed by atoms with van der Waals surface area (Å²) in [6.45, 7) is 1.75. The summed E-state index contributed by atoms with van der Waals surface area (Å²) in [7, 11) is 0. The molecule has 0 bridgehead atoms. The van der Waals surface area contributed by atoms with Gasteiger partial charge in [-0.1, -0.05) is 54.6 Å². The SMILES string of the molecule is O=C(CN1CCN(C(=O)c2ccc(-c3ccccc3)cc2)CC1)Nc1ccccc1C(F)(F)F. The number of benzene rings is 3. The van der Waals surface area contributed by atoms with E-state index in [1.807, 2.05) is 59.5 Å². The van der Waals surface area contributed by atoms with Crippen molar-refractivity contribution in [2.75, 3.05) is 38.0 Å². The molecular weight excluding hydrogens is 443 g/mol. The Morgan fingerprint density at radius 1 is 0.765 bits per heavy atom. The molecule has 0 spiro atoms. The lowest BCUT2D eigenvalue weighted by atomic mass is 10.0. The summed E-state index contributed by atoms with van der Waals surface area (Å²) in [6, 6.07) is 22.2. The van der Waals surface area contributed by atoms with E-state index in [9.17, 15) is 22.8 Å². The van der Waals surface area contributed by atoms with Crippen molar-refractivity contribution in [3.8, 4) is 11.1 Å². The Morgan fingerprint density at radius 3 is 2.00 bits per heavy atom. The van der Waals surface area contributed by atoms with Gasteiger partial charge in [-0.2, -0.15) is 13.2 Å². The molecule has 1 saturated heterocycles. The Bertz CT molecular complexity index is 1140. The van der Waals surface area contributed by atoms with Crippen LogP contribution in [0.25, 0.3) is 11.1 Å². The van der Waals surface area contributed by atoms with Crippen LogP contribution in [0.1, 0.15) is 15.9 Å². The summed E-state index contributed by atoms with van der Waals surface area (Å²) in [5.74, 6) is -0.601. The number of piperazine rings is 1. The lowest BCUT2D eigenvalue weighted by Crippen LogP contribution is -2.50. The molecule has 0 saturated carbocycles. The van der Waals surface area contributed by atoms with Gasteiger partial charge in [-0.15, -0.1) is 0 Å². The summed E-state index contributed by atoms with van der Waals surface area (Å²) in [4.78, 5) is 28.8. The summed E-state index contributed by atoms with van der Waals surface area (Å²) in [5.41, 5.74) is 1.56. The van der Waals surface area contributed by atoms with E-state index in [4.69, 9.17) is 0 Å². The maximum absolute atomic E-state index is 13.1. The molecule has 1 aliphatic rings. The fourth-order valence-corrected chi connectivity index (χ4v) is 3.96. The van der Waals surface area contributed by atoms with Crippen molar-refractivity contribution < 1.29 is 22.8 Å². The van der Waals surface area contributed by atoms with Gasteiger partial charge in [0.1, 0.15) is 0 Å². The quantitative estimate of drug-likeness (QED) is 0.588. The topological polar surface area (TPSA) is 52.7 Å². The van der Waals surface area contributed by atoms with Crippen molar-refractivity contribution in [2.24, 2.45) is 0 Å². The van der Waals surface area contributed by atoms with Crippen LogP contribution in [0.15, 0.2) is 78.9 Å². The molecule has 4 rings (SSSR count). The van der Waals surface area contributed by atoms with Crippen LogP contribution in [0.5, 0.6) is 0 Å². The lowest BCUT2D eigenvalue weighted by molar-refractivity contribution is -0.137. The number of amides is 2. The van der Waals surface area contributed by atoms with Crippen LogP contribution in [0.3, 0.4) is 0 Å². The number of nitrogens with zero attached hydrogens (tertiary/aromatic N) is 2. The Hall–Kier alpha value is -3.65. The molecule has 0 aliphatic carbocycles. The van der Waals surface area contributed by atoms with Gasteiger partial charge in [0, 0.05) is 31.7 Å². The van der Waals surface area contributed by atoms with Gasteiger partial charge in [0.2, 0.25) is 5.91 Å². The minimum atomic E-state index is -4.55. The number of alkyl halides is 3. The molecule has 1 heterocycles. The largest absolute Gasteiger partial charge is 0.418 e. The highest BCUT2D eigenvalue weighted by molar-refractivity contribution is 5.95. The summed E-state index contributed by atoms with van der Waals surface area (Å²) in [5, 5.41) is 2.36. The van der Waals surface area contributed by atoms with Gasteiger partial charge in [0.05, 0.1) is 17.8 Å². The molecule has 0 unspecified atom stereocenters. The first-order valence-corrected chi connectivity index (χ1v) is 10.9. The molecule has 0 atom stereocenters. The van der Waals surface area contributed by atoms with E-state index in [0.29, 0.717) is 31.7 Å². The van der Waals surface area contributed by atoms with Crippen molar-refractivity contribution in [3.63, 3.8) is 0 Å². The first-order chi connectivity index (χ1) is 16.3. The Kier molecular flexibility index (Phi) is 6.98. The molecule has 1 fully saturated rings. The molecule has 0 radical (unpaired) electrons. The van der Waals surface area contributed by atoms with Crippen LogP contribution >= 0.6 is 0 Å². The molecule has 5 nitrogen and oxygen atoms in total. The van der Waals surface area contributed by atoms with Crippen LogP contribution in [-0.2, 0) is 11.0 Å². The van der Waals surface area contributed by atoms with Crippen molar-refractivity contribution in [1.29, 1.82) is 0 Å². The molecular formula is C26H24F3N3O2. The zero-order valence-corrected chi connectivity index (χ0v) is 18.4. The van der Waals surface area contributed by atoms with E-state index in [-0.39, 0.29) is 18.1 Å². The van der Waals surface area contributed by atoms with Crippen molar-refractivity contribution in [1.82, 2.24) is 9.80 Å². The monoisotopic (exact) mass is 467 g/mol. The van der Waals surface area contributed by atoms with E-state index >= 15 is 0 Å². The zero-order valence-electron chi connectivity index (χ0n) is 18.4. The first kappa shape index (κ1) is 23.5. The highest BCUT2D eigenvalue weighted by atomic mass is 19.4. The maximum Gasteiger partial charge on any atom is 0.418 e. The molecule has 1 aliphatic heterocycles. The minimum absolute atomic E-state index is 0.0417. The summed E-state index contributed by atoms with van der Waals surface area (Å²) >= 11 is 0. The number of anilines is 1. The Morgan fingerprint density at radius 2 is 1.35 bits per heavy atom. The molecule has 34 heavy (non-hydrogen) atoms. The van der Waals surface area contributed by atoms with Crippen LogP contribution in [0.2, 0.25) is 0 Å². The molecule has 3 aromatic carbocycles. The van der Waals surface area contributed by atoms with Gasteiger partial charge in [-0.3, -0.25) is 14.5 Å². The number of carbonyl (C=O) groups excluding carboxylic acids is 2. The highest BCUT2D eigenvalue weighted by Gasteiger charge is 2.33. The molecule has 3 aromatic rings. The second-order valence-electron chi connectivity index (χ2n) is 8.10. The van der Waals surface area contributed by atoms with Gasteiger partial charge in [0.15, 0.2) is 0 Å². The van der Waals surface area contributed by atoms with Gasteiger partial charge in [-0.25, -0.2) is 0 Å². The fourth-order valence-electron chi connectivity index (χ4n) is 3.96. The molecule has 176 valence electrons. The summed E-state index contributed by atoms with van der Waals surface area (Å²) in [6.07, 6.45) is -4.55. The van der Waals surface area contributed by atoms with Crippen LogP contribution in [0.4, 0.5) is 18.9 Å². The zero-order chi connectivity index (χ0) is 24.1. The number of hydrogen-bond acceptors (Lipinski definition) is 3. The number of carbonyl (C=O) groups is 2. The van der Waals surface area contributed by atoms with Crippen LogP contribution in [0, 0.1) is 0 Å². The molecule has 8 heteroatoms. The van der Waals surface area contributed by atoms with E-state index in [1.54, 1.807) is 4.90 Å². The molecule has 1 N–H and O–H groups in total. The lowest BCUT2D eigenvalue weighted by Gasteiger charge is -2.34. The van der Waals surface area contributed by atoms with Crippen molar-refractivity contribution in [2.45, 2.75) is 6.18 Å². The third-order valence-electron chi connectivity index (χ3n) is 5.77. The standard InChI is InChI=1S/C26H24F3N3O2/c27-26(28,29)22-8-4-5-9-23(22)30-24(33)18-31-14-16-32(17-15-31)25(34)21-12-10-20(11-13-21)19-6-2-1-3-7-19/h1-13H,14-18H2,(H,30,33). The van der Waals surface area contributed by atoms with Crippen molar-refractivity contribution >= 4 is 17.5 Å². The van der Waals surface area contributed by atoms with E-state index < -0.39 is 17.6 Å². The summed E-state index contributed by atoms with van der Waals surface area (Å²) < 4.78 is 39.4. The Balaban J connectivity index is 1.30. The van der Waals surface area contributed by atoms with Crippen LogP contribution < -0.4 is 5.32 Å². The molecule has 0 aromatic heterocycles. The Labute approximate surface area is 195 Å². The normalized spacial score (nSPS) is 14.6. The van der Waals surface area contributed by atoms with Crippen LogP contribution in [-0.4, -0.2) is 54.3 Å². The number of para-hydroxylation sites is 1. The van der Waals surface area contributed by atoms with Gasteiger partial charge < -0.3 is 10.2 Å². The van der Waals surface area contributed by atoms with E-state index in [0.717, 1.165) is 17.2 Å². The number of rotatable bonds is 5. The predicted octanol–water partition coefficient (Wildman–Crippen LogP) is 4.77. The third-order valence-corrected chi connectivity index (χ3v) is 5.77. The van der Waals surface area contributed by atoms with E-state index in [1.165, 1.54) is 18.2 Å². The smallest absolute Gasteiger partial charge is 0.336 e. The molecule has 2 amide bonds. The fraction of sp³-hybridized carbons (Fsp3) is 0.231. The number of hydrogen-bond donors (Lipinski definition) is 1. The predicted molar refractivity (Wildman–Crippen MR) is 124 cm³/mol. The third kappa shape index (κ3) is 5.63.